The number of carboxylic acids is 1. The number of anilines is 1. The minimum absolute atomic E-state index is 0.0589. The van der Waals surface area contributed by atoms with Gasteiger partial charge in [0.25, 0.3) is 0 Å². The lowest BCUT2D eigenvalue weighted by molar-refractivity contribution is -0.138. The number of carbonyl (C=O) groups is 2. The number of amides is 1. The molecule has 0 saturated carbocycles. The van der Waals surface area contributed by atoms with Gasteiger partial charge in [0.15, 0.2) is 5.82 Å². The number of aryl methyl sites for hydroxylation is 1. The molecule has 2 rings (SSSR count). The van der Waals surface area contributed by atoms with E-state index in [2.05, 4.69) is 10.5 Å². The lowest BCUT2D eigenvalue weighted by atomic mass is 10.2. The highest BCUT2D eigenvalue weighted by Gasteiger charge is 2.26. The van der Waals surface area contributed by atoms with Crippen molar-refractivity contribution < 1.29 is 19.2 Å². The average molecular weight is 299 g/mol. The number of aromatic nitrogens is 1. The number of carboxylic acid groups (broad SMARTS) is 1. The summed E-state index contributed by atoms with van der Waals surface area (Å²) in [4.78, 5) is 24.7. The Morgan fingerprint density at radius 2 is 2.45 bits per heavy atom. The Balaban J connectivity index is 1.89. The molecule has 1 saturated heterocycles. The second kappa shape index (κ2) is 6.76. The first-order chi connectivity index (χ1) is 9.54. The van der Waals surface area contributed by atoms with E-state index in [1.807, 2.05) is 4.90 Å². The molecule has 1 atom stereocenters. The van der Waals surface area contributed by atoms with Crippen LogP contribution in [0.5, 0.6) is 0 Å². The zero-order valence-electron chi connectivity index (χ0n) is 11.2. The molecule has 1 aliphatic heterocycles. The zero-order chi connectivity index (χ0) is 14.5. The Hall–Kier alpha value is -1.54. The standard InChI is InChI=1S/C12H17N3O4S/c1-8-4-10(14-19-8)13-11(16)6-15-2-3-20-7-9(15)5-12(17)18/h4,9H,2-3,5-7H2,1H3,(H,17,18)(H,13,14,16). The first-order valence-electron chi connectivity index (χ1n) is 6.31. The summed E-state index contributed by atoms with van der Waals surface area (Å²) in [5, 5.41) is 15.2. The number of carbonyl (C=O) groups excluding carboxylic acids is 1. The van der Waals surface area contributed by atoms with Crippen LogP contribution in [-0.4, -0.2) is 57.7 Å². The van der Waals surface area contributed by atoms with E-state index in [-0.39, 0.29) is 24.9 Å². The SMILES string of the molecule is Cc1cc(NC(=O)CN2CCSCC2CC(=O)O)no1. The van der Waals surface area contributed by atoms with Crippen LogP contribution in [0, 0.1) is 6.92 Å². The van der Waals surface area contributed by atoms with Gasteiger partial charge in [-0.1, -0.05) is 5.16 Å². The van der Waals surface area contributed by atoms with Gasteiger partial charge in [-0.05, 0) is 6.92 Å². The maximum absolute atomic E-state index is 11.9. The van der Waals surface area contributed by atoms with Gasteiger partial charge in [-0.3, -0.25) is 14.5 Å². The van der Waals surface area contributed by atoms with Crippen LogP contribution in [0.15, 0.2) is 10.6 Å². The van der Waals surface area contributed by atoms with E-state index in [9.17, 15) is 9.59 Å². The van der Waals surface area contributed by atoms with Gasteiger partial charge in [-0.15, -0.1) is 0 Å². The van der Waals surface area contributed by atoms with Crippen LogP contribution in [0.3, 0.4) is 0 Å². The maximum atomic E-state index is 11.9. The average Bonchev–Trinajstić information content (AvgIpc) is 2.76. The lowest BCUT2D eigenvalue weighted by Crippen LogP contribution is -2.47. The molecule has 110 valence electrons. The highest BCUT2D eigenvalue weighted by atomic mass is 32.2. The molecule has 0 bridgehead atoms. The smallest absolute Gasteiger partial charge is 0.304 e. The monoisotopic (exact) mass is 299 g/mol. The molecule has 1 aromatic rings. The van der Waals surface area contributed by atoms with E-state index in [0.29, 0.717) is 18.1 Å². The number of hydrogen-bond acceptors (Lipinski definition) is 6. The fraction of sp³-hybridized carbons (Fsp3) is 0.583. The van der Waals surface area contributed by atoms with Crippen LogP contribution >= 0.6 is 11.8 Å². The Kier molecular flexibility index (Phi) is 5.02. The molecule has 1 amide bonds. The number of rotatable bonds is 5. The van der Waals surface area contributed by atoms with Crippen LogP contribution in [0.25, 0.3) is 0 Å². The summed E-state index contributed by atoms with van der Waals surface area (Å²) >= 11 is 1.72. The molecule has 1 aromatic heterocycles. The van der Waals surface area contributed by atoms with Crippen LogP contribution in [0.1, 0.15) is 12.2 Å². The minimum atomic E-state index is -0.838. The van der Waals surface area contributed by atoms with Crippen LogP contribution in [0.2, 0.25) is 0 Å². The molecule has 1 aliphatic rings. The van der Waals surface area contributed by atoms with E-state index < -0.39 is 5.97 Å². The summed E-state index contributed by atoms with van der Waals surface area (Å²) in [6.07, 6.45) is 0.0589. The van der Waals surface area contributed by atoms with Crippen LogP contribution in [0.4, 0.5) is 5.82 Å². The van der Waals surface area contributed by atoms with Crippen molar-refractivity contribution in [3.8, 4) is 0 Å². The van der Waals surface area contributed by atoms with Crippen molar-refractivity contribution in [2.75, 3.05) is 29.9 Å². The third kappa shape index (κ3) is 4.24. The van der Waals surface area contributed by atoms with Gasteiger partial charge in [-0.25, -0.2) is 0 Å². The normalized spacial score (nSPS) is 19.8. The summed E-state index contributed by atoms with van der Waals surface area (Å²) in [6, 6.07) is 1.54. The Bertz CT molecular complexity index is 491. The number of hydrogen-bond donors (Lipinski definition) is 2. The van der Waals surface area contributed by atoms with Gasteiger partial charge in [-0.2, -0.15) is 11.8 Å². The van der Waals surface area contributed by atoms with Gasteiger partial charge in [0.05, 0.1) is 13.0 Å². The Labute approximate surface area is 120 Å². The predicted molar refractivity (Wildman–Crippen MR) is 74.8 cm³/mol. The molecule has 0 aliphatic carbocycles. The highest BCUT2D eigenvalue weighted by Crippen LogP contribution is 2.19. The third-order valence-corrected chi connectivity index (χ3v) is 4.09. The first-order valence-corrected chi connectivity index (χ1v) is 7.47. The fourth-order valence-electron chi connectivity index (χ4n) is 2.08. The second-order valence-electron chi connectivity index (χ2n) is 4.67. The van der Waals surface area contributed by atoms with E-state index in [4.69, 9.17) is 9.63 Å². The van der Waals surface area contributed by atoms with Crippen molar-refractivity contribution in [1.29, 1.82) is 0 Å². The first kappa shape index (κ1) is 14.9. The molecular formula is C12H17N3O4S. The van der Waals surface area contributed by atoms with E-state index >= 15 is 0 Å². The summed E-state index contributed by atoms with van der Waals surface area (Å²) < 4.78 is 4.87. The topological polar surface area (TPSA) is 95.7 Å². The zero-order valence-corrected chi connectivity index (χ0v) is 12.0. The van der Waals surface area contributed by atoms with Crippen LogP contribution in [-0.2, 0) is 9.59 Å². The molecule has 8 heteroatoms. The highest BCUT2D eigenvalue weighted by molar-refractivity contribution is 7.99. The lowest BCUT2D eigenvalue weighted by Gasteiger charge is -2.33. The molecule has 1 unspecified atom stereocenters. The summed E-state index contributed by atoms with van der Waals surface area (Å²) in [5.41, 5.74) is 0. The molecule has 2 heterocycles. The fourth-order valence-corrected chi connectivity index (χ4v) is 3.21. The molecule has 0 aromatic carbocycles. The molecule has 1 fully saturated rings. The van der Waals surface area contributed by atoms with Gasteiger partial charge in [0, 0.05) is 30.2 Å². The summed E-state index contributed by atoms with van der Waals surface area (Å²) in [7, 11) is 0. The van der Waals surface area contributed by atoms with Crippen molar-refractivity contribution in [2.45, 2.75) is 19.4 Å². The van der Waals surface area contributed by atoms with Gasteiger partial charge >= 0.3 is 5.97 Å². The van der Waals surface area contributed by atoms with Crippen molar-refractivity contribution in [2.24, 2.45) is 0 Å². The molecule has 7 nitrogen and oxygen atoms in total. The van der Waals surface area contributed by atoms with Crippen molar-refractivity contribution in [3.63, 3.8) is 0 Å². The predicted octanol–water partition coefficient (Wildman–Crippen LogP) is 0.814. The summed E-state index contributed by atoms with van der Waals surface area (Å²) in [5.74, 6) is 1.61. The molecule has 20 heavy (non-hydrogen) atoms. The Morgan fingerprint density at radius 1 is 1.65 bits per heavy atom. The number of nitrogens with zero attached hydrogens (tertiary/aromatic N) is 2. The van der Waals surface area contributed by atoms with E-state index in [1.54, 1.807) is 24.8 Å². The summed E-state index contributed by atoms with van der Waals surface area (Å²) in [6.45, 7) is 2.63. The molecule has 0 radical (unpaired) electrons. The molecular weight excluding hydrogens is 282 g/mol. The number of nitrogens with one attached hydrogen (secondary N) is 1. The van der Waals surface area contributed by atoms with E-state index in [1.165, 1.54) is 0 Å². The second-order valence-corrected chi connectivity index (χ2v) is 5.82. The molecule has 0 spiro atoms. The van der Waals surface area contributed by atoms with Gasteiger partial charge in [0.1, 0.15) is 5.76 Å². The maximum Gasteiger partial charge on any atom is 0.304 e. The third-order valence-electron chi connectivity index (χ3n) is 3.00. The van der Waals surface area contributed by atoms with Gasteiger partial charge in [0.2, 0.25) is 5.91 Å². The van der Waals surface area contributed by atoms with Gasteiger partial charge < -0.3 is 14.9 Å². The quantitative estimate of drug-likeness (QED) is 0.830. The number of aliphatic carboxylic acids is 1. The largest absolute Gasteiger partial charge is 0.481 e. The minimum Gasteiger partial charge on any atom is -0.481 e. The number of thioether (sulfide) groups is 1. The van der Waals surface area contributed by atoms with Crippen molar-refractivity contribution in [1.82, 2.24) is 10.1 Å². The van der Waals surface area contributed by atoms with Crippen molar-refractivity contribution >= 4 is 29.5 Å². The van der Waals surface area contributed by atoms with E-state index in [0.717, 1.165) is 11.5 Å². The molecule has 2 N–H and O–H groups in total. The Morgan fingerprint density at radius 3 is 3.10 bits per heavy atom. The van der Waals surface area contributed by atoms with Crippen molar-refractivity contribution in [3.05, 3.63) is 11.8 Å². The van der Waals surface area contributed by atoms with Crippen LogP contribution < -0.4 is 5.32 Å².